The van der Waals surface area contributed by atoms with Gasteiger partial charge in [0.15, 0.2) is 0 Å². The standard InChI is InChI=1S/C33H66N10O6S4/c1-32(2,20-34)52-50-18-24(36)28(46)39-17-11-7-13-27(43-29(47)25(37)19-51-53-33(3,4)21-35)31(49)41-16-9-5-8-15-40-30(48)26(42-23-45)12-6-10-14-38-22-44/h22-27H,5-21,34-37H2,1-4H3,(H,38,44)(H,39,46)(H,40,48)(H,41,49)(H,42,45)(H,43,47)/t24-,25-,26-,27-/m1/s1. The number of hydrogen-bond donors (Lipinski definition) is 10. The largest absolute Gasteiger partial charge is 0.359 e. The molecule has 0 aromatic heterocycles. The Morgan fingerprint density at radius 2 is 1.02 bits per heavy atom. The third-order valence-corrected chi connectivity index (χ3v) is 14.5. The van der Waals surface area contributed by atoms with Gasteiger partial charge in [-0.1, -0.05) is 43.2 Å². The van der Waals surface area contributed by atoms with Crippen LogP contribution in [0.25, 0.3) is 0 Å². The first-order chi connectivity index (χ1) is 25.1. The van der Waals surface area contributed by atoms with Crippen molar-refractivity contribution in [3.63, 3.8) is 0 Å². The van der Waals surface area contributed by atoms with Crippen LogP contribution in [0.15, 0.2) is 0 Å². The number of unbranched alkanes of at least 4 members (excludes halogenated alkanes) is 4. The van der Waals surface area contributed by atoms with Crippen LogP contribution in [-0.2, 0) is 28.8 Å². The average Bonchev–Trinajstić information content (AvgIpc) is 3.12. The van der Waals surface area contributed by atoms with Crippen molar-refractivity contribution >= 4 is 79.6 Å². The maximum atomic E-state index is 13.2. The third kappa shape index (κ3) is 26.5. The molecule has 20 heteroatoms. The van der Waals surface area contributed by atoms with E-state index in [1.54, 1.807) is 21.6 Å². The van der Waals surface area contributed by atoms with Crippen molar-refractivity contribution < 1.29 is 28.8 Å². The molecule has 53 heavy (non-hydrogen) atoms. The highest BCUT2D eigenvalue weighted by Crippen LogP contribution is 2.35. The summed E-state index contributed by atoms with van der Waals surface area (Å²) in [6.45, 7) is 10.7. The SMILES string of the molecule is CC(C)(CN)SSC[C@@H](N)C(=O)NCCCC[C@@H](NC(=O)[C@H](N)CSSC(C)(C)CN)C(=O)NCCCCCNC(=O)[C@@H](CCCCNC=O)NC=O. The van der Waals surface area contributed by atoms with Crippen LogP contribution in [0.2, 0.25) is 0 Å². The molecule has 0 bridgehead atoms. The van der Waals surface area contributed by atoms with Crippen molar-refractivity contribution in [1.29, 1.82) is 0 Å². The lowest BCUT2D eigenvalue weighted by atomic mass is 10.1. The minimum absolute atomic E-state index is 0.110. The Morgan fingerprint density at radius 1 is 0.585 bits per heavy atom. The summed E-state index contributed by atoms with van der Waals surface area (Å²) >= 11 is 0. The van der Waals surface area contributed by atoms with Gasteiger partial charge in [-0.15, -0.1) is 0 Å². The first-order valence-electron chi connectivity index (χ1n) is 18.2. The summed E-state index contributed by atoms with van der Waals surface area (Å²) in [5.41, 5.74) is 23.8. The highest BCUT2D eigenvalue weighted by atomic mass is 33.1. The first-order valence-corrected chi connectivity index (χ1v) is 22.8. The van der Waals surface area contributed by atoms with E-state index in [2.05, 4.69) is 31.9 Å². The Morgan fingerprint density at radius 3 is 1.51 bits per heavy atom. The maximum absolute atomic E-state index is 13.2. The molecule has 308 valence electrons. The number of nitrogens with two attached hydrogens (primary N) is 4. The molecule has 0 saturated heterocycles. The van der Waals surface area contributed by atoms with Crippen molar-refractivity contribution in [3.05, 3.63) is 0 Å². The minimum atomic E-state index is -0.820. The van der Waals surface area contributed by atoms with E-state index in [1.807, 2.05) is 27.7 Å². The molecule has 0 aliphatic carbocycles. The monoisotopic (exact) mass is 826 g/mol. The van der Waals surface area contributed by atoms with Gasteiger partial charge in [0.2, 0.25) is 36.4 Å². The molecule has 0 saturated carbocycles. The van der Waals surface area contributed by atoms with Crippen molar-refractivity contribution in [1.82, 2.24) is 31.9 Å². The van der Waals surface area contributed by atoms with E-state index in [-0.39, 0.29) is 27.2 Å². The molecule has 0 radical (unpaired) electrons. The Balaban J connectivity index is 4.85. The number of rotatable bonds is 34. The fourth-order valence-electron chi connectivity index (χ4n) is 4.22. The normalized spacial score (nSPS) is 13.9. The first kappa shape index (κ1) is 51.1. The molecule has 0 unspecified atom stereocenters. The zero-order valence-corrected chi connectivity index (χ0v) is 35.1. The number of hydrogen-bond acceptors (Lipinski definition) is 14. The van der Waals surface area contributed by atoms with Crippen LogP contribution in [0.4, 0.5) is 0 Å². The van der Waals surface area contributed by atoms with Crippen LogP contribution in [0.5, 0.6) is 0 Å². The zero-order valence-electron chi connectivity index (χ0n) is 31.9. The topological polar surface area (TPSA) is 279 Å². The lowest BCUT2D eigenvalue weighted by Crippen LogP contribution is -2.52. The van der Waals surface area contributed by atoms with Gasteiger partial charge >= 0.3 is 0 Å². The number of carbonyl (C=O) groups excluding carboxylic acids is 6. The quantitative estimate of drug-likeness (QED) is 0.0234. The molecule has 0 aliphatic heterocycles. The van der Waals surface area contributed by atoms with Gasteiger partial charge < -0.3 is 54.8 Å². The molecule has 0 aromatic rings. The van der Waals surface area contributed by atoms with E-state index >= 15 is 0 Å². The molecule has 16 nitrogen and oxygen atoms in total. The maximum Gasteiger partial charge on any atom is 0.242 e. The minimum Gasteiger partial charge on any atom is -0.359 e. The molecule has 14 N–H and O–H groups in total. The van der Waals surface area contributed by atoms with Gasteiger partial charge in [-0.3, -0.25) is 28.8 Å². The summed E-state index contributed by atoms with van der Waals surface area (Å²) in [6.07, 6.45) is 6.48. The Hall–Kier alpha value is -1.94. The van der Waals surface area contributed by atoms with Gasteiger partial charge in [-0.05, 0) is 85.5 Å². The summed E-state index contributed by atoms with van der Waals surface area (Å²) in [5.74, 6) is -0.463. The van der Waals surface area contributed by atoms with Gasteiger partial charge in [0.05, 0.1) is 12.1 Å². The van der Waals surface area contributed by atoms with Crippen molar-refractivity contribution in [3.8, 4) is 0 Å². The summed E-state index contributed by atoms with van der Waals surface area (Å²) in [7, 11) is 6.13. The van der Waals surface area contributed by atoms with E-state index in [9.17, 15) is 28.8 Å². The predicted octanol–water partition coefficient (Wildman–Crippen LogP) is 0.0833. The predicted molar refractivity (Wildman–Crippen MR) is 222 cm³/mol. The molecule has 6 amide bonds. The van der Waals surface area contributed by atoms with Gasteiger partial charge in [0.1, 0.15) is 12.1 Å². The fraction of sp³-hybridized carbons (Fsp3) is 0.818. The number of carbonyl (C=O) groups is 6. The second-order valence-corrected chi connectivity index (χ2v) is 19.9. The van der Waals surface area contributed by atoms with E-state index in [0.29, 0.717) is 115 Å². The van der Waals surface area contributed by atoms with Gasteiger partial charge in [0, 0.05) is 60.3 Å². The number of amides is 6. The zero-order chi connectivity index (χ0) is 40.1. The second-order valence-electron chi connectivity index (χ2n) is 13.8. The summed E-state index contributed by atoms with van der Waals surface area (Å²) < 4.78 is -0.277. The van der Waals surface area contributed by atoms with E-state index < -0.39 is 30.1 Å². The highest BCUT2D eigenvalue weighted by molar-refractivity contribution is 8.77. The van der Waals surface area contributed by atoms with E-state index in [1.165, 1.54) is 21.6 Å². The van der Waals surface area contributed by atoms with Crippen molar-refractivity contribution in [2.75, 3.05) is 50.8 Å². The molecule has 0 heterocycles. The highest BCUT2D eigenvalue weighted by Gasteiger charge is 2.25. The van der Waals surface area contributed by atoms with Gasteiger partial charge in [0.25, 0.3) is 0 Å². The Bertz CT molecular complexity index is 1080. The van der Waals surface area contributed by atoms with E-state index in [4.69, 9.17) is 22.9 Å². The van der Waals surface area contributed by atoms with Crippen LogP contribution in [-0.4, -0.2) is 121 Å². The lowest BCUT2D eigenvalue weighted by molar-refractivity contribution is -0.129. The summed E-state index contributed by atoms with van der Waals surface area (Å²) in [4.78, 5) is 72.4. The molecule has 0 rings (SSSR count). The fourth-order valence-corrected chi connectivity index (χ4v) is 9.34. The second kappa shape index (κ2) is 30.3. The van der Waals surface area contributed by atoms with Crippen molar-refractivity contribution in [2.24, 2.45) is 22.9 Å². The van der Waals surface area contributed by atoms with Crippen LogP contribution in [0, 0.1) is 0 Å². The van der Waals surface area contributed by atoms with Crippen LogP contribution in [0.3, 0.4) is 0 Å². The molecule has 0 aromatic carbocycles. The molecule has 0 aliphatic rings. The molecule has 0 fully saturated rings. The van der Waals surface area contributed by atoms with Crippen LogP contribution in [0.1, 0.15) is 85.5 Å². The van der Waals surface area contributed by atoms with E-state index in [0.717, 1.165) is 6.42 Å². The molecular weight excluding hydrogens is 761 g/mol. The van der Waals surface area contributed by atoms with Crippen molar-refractivity contribution in [2.45, 2.75) is 119 Å². The Kier molecular flexibility index (Phi) is 29.2. The third-order valence-electron chi connectivity index (χ3n) is 7.76. The van der Waals surface area contributed by atoms with Gasteiger partial charge in [-0.2, -0.15) is 0 Å². The average molecular weight is 827 g/mol. The summed E-state index contributed by atoms with van der Waals surface area (Å²) in [6, 6.07) is -2.93. The lowest BCUT2D eigenvalue weighted by Gasteiger charge is -2.23. The van der Waals surface area contributed by atoms with Crippen LogP contribution >= 0.6 is 43.2 Å². The Labute approximate surface area is 331 Å². The molecule has 4 atom stereocenters. The molecule has 0 spiro atoms. The van der Waals surface area contributed by atoms with Gasteiger partial charge in [-0.25, -0.2) is 0 Å². The van der Waals surface area contributed by atoms with Crippen LogP contribution < -0.4 is 54.8 Å². The molecular formula is C33H66N10O6S4. The summed E-state index contributed by atoms with van der Waals surface area (Å²) in [5, 5.41) is 16.5. The number of nitrogens with one attached hydrogen (secondary N) is 6. The smallest absolute Gasteiger partial charge is 0.242 e.